The summed E-state index contributed by atoms with van der Waals surface area (Å²) in [4.78, 5) is 12.5. The van der Waals surface area contributed by atoms with Crippen LogP contribution in [0.1, 0.15) is 0 Å². The van der Waals surface area contributed by atoms with E-state index in [0.717, 1.165) is 11.8 Å². The molecule has 3 rings (SSSR count). The molecule has 0 aliphatic heterocycles. The van der Waals surface area contributed by atoms with E-state index in [2.05, 4.69) is 10.4 Å². The molecule has 0 bridgehead atoms. The lowest BCUT2D eigenvalue weighted by Gasteiger charge is -2.10. The van der Waals surface area contributed by atoms with Gasteiger partial charge in [-0.25, -0.2) is 13.1 Å². The average Bonchev–Trinajstić information content (AvgIpc) is 3.05. The van der Waals surface area contributed by atoms with Crippen LogP contribution in [0.3, 0.4) is 0 Å². The molecule has 29 heavy (non-hydrogen) atoms. The van der Waals surface area contributed by atoms with Crippen molar-refractivity contribution in [2.75, 3.05) is 24.4 Å². The Kier molecular flexibility index (Phi) is 6.14. The molecule has 0 saturated carbocycles. The molecular weight excluding hydrogens is 412 g/mol. The predicted molar refractivity (Wildman–Crippen MR) is 112 cm³/mol. The highest BCUT2D eigenvalue weighted by molar-refractivity contribution is 7.99. The quantitative estimate of drug-likeness (QED) is 0.551. The molecule has 1 heterocycles. The number of nitrogens with zero attached hydrogens (tertiary/aromatic N) is 2. The van der Waals surface area contributed by atoms with Crippen LogP contribution in [0, 0.1) is 0 Å². The van der Waals surface area contributed by atoms with E-state index >= 15 is 0 Å². The summed E-state index contributed by atoms with van der Waals surface area (Å²) in [5, 5.41) is 7.18. The number of nitrogens with two attached hydrogens (primary N) is 1. The largest absolute Gasteiger partial charge is 0.495 e. The number of carbonyl (C=O) groups is 1. The number of hydrogen-bond acceptors (Lipinski definition) is 7. The highest BCUT2D eigenvalue weighted by Gasteiger charge is 2.29. The van der Waals surface area contributed by atoms with Crippen LogP contribution in [0.4, 0.5) is 11.5 Å². The maximum atomic E-state index is 13.0. The predicted octanol–water partition coefficient (Wildman–Crippen LogP) is 2.67. The Morgan fingerprint density at radius 1 is 1.17 bits per heavy atom. The minimum atomic E-state index is -3.88. The van der Waals surface area contributed by atoms with Crippen LogP contribution in [0.15, 0.2) is 69.4 Å². The van der Waals surface area contributed by atoms with Crippen molar-refractivity contribution in [3.63, 3.8) is 0 Å². The van der Waals surface area contributed by atoms with Gasteiger partial charge in [0.05, 0.1) is 17.7 Å². The summed E-state index contributed by atoms with van der Waals surface area (Å²) in [6, 6.07) is 14.9. The van der Waals surface area contributed by atoms with Gasteiger partial charge in [0.1, 0.15) is 28.0 Å². The van der Waals surface area contributed by atoms with Crippen LogP contribution in [0.25, 0.3) is 0 Å². The number of benzene rings is 2. The fourth-order valence-corrected chi connectivity index (χ4v) is 5.19. The zero-order chi connectivity index (χ0) is 21.0. The van der Waals surface area contributed by atoms with Crippen LogP contribution in [0.2, 0.25) is 0 Å². The van der Waals surface area contributed by atoms with Gasteiger partial charge in [-0.2, -0.15) is 5.10 Å². The number of carbonyl (C=O) groups excluding carboxylic acids is 1. The number of nitrogen functional groups attached to an aromatic ring is 1. The Bertz CT molecular complexity index is 1130. The molecule has 0 spiro atoms. The average molecular weight is 433 g/mol. The number of amides is 1. The van der Waals surface area contributed by atoms with Crippen LogP contribution in [0.5, 0.6) is 5.75 Å². The van der Waals surface area contributed by atoms with Gasteiger partial charge in [-0.15, -0.1) is 11.8 Å². The number of hydrogen-bond donors (Lipinski definition) is 2. The molecule has 1 amide bonds. The van der Waals surface area contributed by atoms with Gasteiger partial charge in [0.2, 0.25) is 15.7 Å². The molecule has 8 nitrogen and oxygen atoms in total. The molecule has 152 valence electrons. The highest BCUT2D eigenvalue weighted by Crippen LogP contribution is 2.34. The molecule has 0 aliphatic rings. The number of thioether (sulfide) groups is 1. The molecule has 10 heteroatoms. The van der Waals surface area contributed by atoms with Crippen molar-refractivity contribution in [2.45, 2.75) is 21.4 Å². The number of anilines is 2. The highest BCUT2D eigenvalue weighted by atomic mass is 32.2. The van der Waals surface area contributed by atoms with Crippen molar-refractivity contribution < 1.29 is 17.9 Å². The second-order valence-electron chi connectivity index (χ2n) is 5.95. The molecule has 1 aromatic heterocycles. The molecule has 0 saturated heterocycles. The van der Waals surface area contributed by atoms with Gasteiger partial charge in [0.25, 0.3) is 0 Å². The Labute approximate surface area is 173 Å². The van der Waals surface area contributed by atoms with Gasteiger partial charge < -0.3 is 15.8 Å². The Balaban J connectivity index is 1.91. The summed E-state index contributed by atoms with van der Waals surface area (Å²) in [6.45, 7) is -0.248. The number of rotatable bonds is 7. The maximum Gasteiger partial charge on any atom is 0.246 e. The van der Waals surface area contributed by atoms with Gasteiger partial charge in [0, 0.05) is 0 Å². The molecular formula is C19H20N4O4S2. The first kappa shape index (κ1) is 20.7. The lowest BCUT2D eigenvalue weighted by atomic mass is 10.3. The molecule has 3 N–H and O–H groups in total. The maximum absolute atomic E-state index is 13.0. The topological polar surface area (TPSA) is 116 Å². The fourth-order valence-electron chi connectivity index (χ4n) is 2.73. The molecule has 0 unspecified atom stereocenters. The van der Waals surface area contributed by atoms with Gasteiger partial charge in [-0.05, 0) is 30.5 Å². The summed E-state index contributed by atoms with van der Waals surface area (Å²) in [5.41, 5.74) is 6.60. The third-order valence-electron chi connectivity index (χ3n) is 4.11. The van der Waals surface area contributed by atoms with Crippen LogP contribution < -0.4 is 15.8 Å². The Morgan fingerprint density at radius 3 is 2.48 bits per heavy atom. The minimum absolute atomic E-state index is 0.0895. The number of aromatic nitrogens is 2. The summed E-state index contributed by atoms with van der Waals surface area (Å²) in [6.07, 6.45) is 1.70. The van der Waals surface area contributed by atoms with Gasteiger partial charge >= 0.3 is 0 Å². The molecule has 0 fully saturated rings. The van der Waals surface area contributed by atoms with Crippen molar-refractivity contribution in [2.24, 2.45) is 0 Å². The minimum Gasteiger partial charge on any atom is -0.495 e. The van der Waals surface area contributed by atoms with E-state index in [1.165, 1.54) is 23.9 Å². The van der Waals surface area contributed by atoms with Crippen LogP contribution >= 0.6 is 11.8 Å². The van der Waals surface area contributed by atoms with Gasteiger partial charge in [0.15, 0.2) is 0 Å². The Morgan fingerprint density at radius 2 is 1.83 bits per heavy atom. The lowest BCUT2D eigenvalue weighted by molar-refractivity contribution is -0.116. The molecule has 2 aromatic carbocycles. The summed E-state index contributed by atoms with van der Waals surface area (Å²) in [7, 11) is -2.38. The Hall–Kier alpha value is -2.98. The van der Waals surface area contributed by atoms with E-state index in [4.69, 9.17) is 10.5 Å². The summed E-state index contributed by atoms with van der Waals surface area (Å²) in [5.74, 6) is -0.000161. The molecule has 0 atom stereocenters. The smallest absolute Gasteiger partial charge is 0.246 e. The molecule has 3 aromatic rings. The van der Waals surface area contributed by atoms with Gasteiger partial charge in [-0.1, -0.05) is 30.3 Å². The summed E-state index contributed by atoms with van der Waals surface area (Å²) >= 11 is 1.15. The number of sulfone groups is 1. The standard InChI is InChI=1S/C19H20N4O4S2/c1-27-15-11-7-6-10-14(15)21-16(24)12-23-18(20)17(19(22-23)28-2)29(25,26)13-8-4-3-5-9-13/h3-11H,12,20H2,1-2H3,(H,21,24). The lowest BCUT2D eigenvalue weighted by Crippen LogP contribution is -2.21. The first-order valence-corrected chi connectivity index (χ1v) is 11.2. The molecule has 0 aliphatic carbocycles. The van der Waals surface area contributed by atoms with E-state index in [1.807, 2.05) is 0 Å². The van der Waals surface area contributed by atoms with E-state index in [0.29, 0.717) is 11.4 Å². The van der Waals surface area contributed by atoms with Crippen molar-refractivity contribution in [1.82, 2.24) is 9.78 Å². The van der Waals surface area contributed by atoms with Crippen molar-refractivity contribution in [3.05, 3.63) is 54.6 Å². The van der Waals surface area contributed by atoms with E-state index in [-0.39, 0.29) is 27.2 Å². The fraction of sp³-hybridized carbons (Fsp3) is 0.158. The van der Waals surface area contributed by atoms with E-state index in [9.17, 15) is 13.2 Å². The van der Waals surface area contributed by atoms with Gasteiger partial charge in [-0.3, -0.25) is 4.79 Å². The SMILES string of the molecule is COc1ccccc1NC(=O)Cn1nc(SC)c(S(=O)(=O)c2ccccc2)c1N. The third kappa shape index (κ3) is 4.22. The summed E-state index contributed by atoms with van der Waals surface area (Å²) < 4.78 is 32.5. The zero-order valence-corrected chi connectivity index (χ0v) is 17.5. The first-order chi connectivity index (χ1) is 13.9. The second kappa shape index (κ2) is 8.58. The number of ether oxygens (including phenoxy) is 1. The monoisotopic (exact) mass is 432 g/mol. The van der Waals surface area contributed by atoms with Crippen molar-refractivity contribution in [3.8, 4) is 5.75 Å². The van der Waals surface area contributed by atoms with Crippen molar-refractivity contribution >= 4 is 39.0 Å². The zero-order valence-electron chi connectivity index (χ0n) is 15.8. The number of para-hydroxylation sites is 2. The number of methoxy groups -OCH3 is 1. The normalized spacial score (nSPS) is 11.2. The third-order valence-corrected chi connectivity index (χ3v) is 6.74. The number of nitrogens with one attached hydrogen (secondary N) is 1. The van der Waals surface area contributed by atoms with Crippen LogP contribution in [-0.2, 0) is 21.2 Å². The molecule has 0 radical (unpaired) electrons. The van der Waals surface area contributed by atoms with Crippen molar-refractivity contribution in [1.29, 1.82) is 0 Å². The van der Waals surface area contributed by atoms with E-state index < -0.39 is 15.7 Å². The first-order valence-electron chi connectivity index (χ1n) is 8.51. The van der Waals surface area contributed by atoms with Crippen LogP contribution in [-0.4, -0.2) is 37.5 Å². The second-order valence-corrected chi connectivity index (χ2v) is 8.63. The van der Waals surface area contributed by atoms with E-state index in [1.54, 1.807) is 48.7 Å².